The van der Waals surface area contributed by atoms with Crippen LogP contribution in [0.15, 0.2) is 18.5 Å². The van der Waals surface area contributed by atoms with Crippen LogP contribution in [0, 0.1) is 6.92 Å². The molecule has 8 nitrogen and oxygen atoms in total. The second kappa shape index (κ2) is 5.78. The number of amides is 1. The highest BCUT2D eigenvalue weighted by Crippen LogP contribution is 2.09. The van der Waals surface area contributed by atoms with Crippen molar-refractivity contribution in [2.75, 3.05) is 7.05 Å². The number of carboxylic acids is 1. The van der Waals surface area contributed by atoms with Crippen LogP contribution in [0.25, 0.3) is 0 Å². The quantitative estimate of drug-likeness (QED) is 0.854. The van der Waals surface area contributed by atoms with Gasteiger partial charge >= 0.3 is 5.97 Å². The number of hydrogen-bond donors (Lipinski definition) is 1. The molecule has 0 spiro atoms. The van der Waals surface area contributed by atoms with E-state index in [9.17, 15) is 9.59 Å². The molecule has 0 aromatic carbocycles. The van der Waals surface area contributed by atoms with Crippen molar-refractivity contribution in [3.8, 4) is 0 Å². The first-order valence-corrected chi connectivity index (χ1v) is 6.36. The number of carbonyl (C=O) groups excluding carboxylic acids is 1. The summed E-state index contributed by atoms with van der Waals surface area (Å²) in [6.45, 7) is 2.39. The van der Waals surface area contributed by atoms with Crippen molar-refractivity contribution in [1.82, 2.24) is 24.5 Å². The summed E-state index contributed by atoms with van der Waals surface area (Å²) < 4.78 is 3.07. The molecular weight excluding hydrogens is 274 g/mol. The highest BCUT2D eigenvalue weighted by atomic mass is 16.4. The lowest BCUT2D eigenvalue weighted by Gasteiger charge is -2.16. The molecule has 0 bridgehead atoms. The fraction of sp³-hybridized carbons (Fsp3) is 0.385. The van der Waals surface area contributed by atoms with Crippen LogP contribution in [0.4, 0.5) is 0 Å². The second-order valence-corrected chi connectivity index (χ2v) is 4.83. The number of carbonyl (C=O) groups is 2. The Morgan fingerprint density at radius 1 is 1.43 bits per heavy atom. The lowest BCUT2D eigenvalue weighted by atomic mass is 10.2. The van der Waals surface area contributed by atoms with Gasteiger partial charge in [-0.25, -0.2) is 4.79 Å². The zero-order chi connectivity index (χ0) is 15.6. The van der Waals surface area contributed by atoms with E-state index in [-0.39, 0.29) is 18.1 Å². The van der Waals surface area contributed by atoms with E-state index < -0.39 is 5.97 Å². The van der Waals surface area contributed by atoms with Crippen LogP contribution in [0.2, 0.25) is 0 Å². The molecule has 2 aromatic heterocycles. The summed E-state index contributed by atoms with van der Waals surface area (Å²) in [6.07, 6.45) is 3.21. The van der Waals surface area contributed by atoms with E-state index in [1.54, 1.807) is 22.8 Å². The van der Waals surface area contributed by atoms with Gasteiger partial charge in [-0.1, -0.05) is 0 Å². The van der Waals surface area contributed by atoms with Gasteiger partial charge in [-0.15, -0.1) is 0 Å². The molecule has 0 aliphatic rings. The zero-order valence-electron chi connectivity index (χ0n) is 12.1. The van der Waals surface area contributed by atoms with Crippen LogP contribution in [0.5, 0.6) is 0 Å². The SMILES string of the molecule is Cc1c(CN(C)C(=O)Cn2ccc(C(=O)O)n2)cnn1C. The number of aromatic carboxylic acids is 1. The Kier molecular flexibility index (Phi) is 4.06. The Labute approximate surface area is 121 Å². The molecule has 0 aliphatic heterocycles. The van der Waals surface area contributed by atoms with Crippen LogP contribution < -0.4 is 0 Å². The molecule has 1 amide bonds. The third kappa shape index (κ3) is 3.28. The van der Waals surface area contributed by atoms with Gasteiger partial charge in [0.15, 0.2) is 5.69 Å². The van der Waals surface area contributed by atoms with Crippen molar-refractivity contribution < 1.29 is 14.7 Å². The first-order chi connectivity index (χ1) is 9.88. The summed E-state index contributed by atoms with van der Waals surface area (Å²) in [5.74, 6) is -1.26. The van der Waals surface area contributed by atoms with Gasteiger partial charge in [-0.05, 0) is 13.0 Å². The van der Waals surface area contributed by atoms with Gasteiger partial charge in [0, 0.05) is 38.1 Å². The van der Waals surface area contributed by atoms with E-state index >= 15 is 0 Å². The lowest BCUT2D eigenvalue weighted by molar-refractivity contribution is -0.131. The summed E-state index contributed by atoms with van der Waals surface area (Å²) in [6, 6.07) is 1.36. The number of rotatable bonds is 5. The molecule has 21 heavy (non-hydrogen) atoms. The Morgan fingerprint density at radius 3 is 2.67 bits per heavy atom. The summed E-state index contributed by atoms with van der Waals surface area (Å²) in [4.78, 5) is 24.4. The predicted molar refractivity (Wildman–Crippen MR) is 73.6 cm³/mol. The molecule has 0 saturated carbocycles. The van der Waals surface area contributed by atoms with Crippen LogP contribution in [-0.4, -0.2) is 48.5 Å². The van der Waals surface area contributed by atoms with Crippen molar-refractivity contribution in [1.29, 1.82) is 0 Å². The average Bonchev–Trinajstić information content (AvgIpc) is 3.01. The minimum absolute atomic E-state index is 0.00307. The number of aryl methyl sites for hydroxylation is 1. The molecule has 2 aromatic rings. The molecule has 0 saturated heterocycles. The second-order valence-electron chi connectivity index (χ2n) is 4.83. The summed E-state index contributed by atoms with van der Waals surface area (Å²) in [7, 11) is 3.54. The maximum Gasteiger partial charge on any atom is 0.356 e. The van der Waals surface area contributed by atoms with Gasteiger partial charge in [0.25, 0.3) is 0 Å². The molecule has 1 N–H and O–H groups in total. The van der Waals surface area contributed by atoms with Gasteiger partial charge in [-0.2, -0.15) is 10.2 Å². The minimum Gasteiger partial charge on any atom is -0.476 e. The number of aromatic nitrogens is 4. The normalized spacial score (nSPS) is 10.6. The van der Waals surface area contributed by atoms with Crippen molar-refractivity contribution >= 4 is 11.9 Å². The van der Waals surface area contributed by atoms with Crippen molar-refractivity contribution in [3.05, 3.63) is 35.4 Å². The molecule has 112 valence electrons. The first-order valence-electron chi connectivity index (χ1n) is 6.36. The van der Waals surface area contributed by atoms with Gasteiger partial charge in [0.1, 0.15) is 6.54 Å². The summed E-state index contributed by atoms with van der Waals surface area (Å²) >= 11 is 0. The first kappa shape index (κ1) is 14.8. The smallest absolute Gasteiger partial charge is 0.356 e. The van der Waals surface area contributed by atoms with Crippen LogP contribution >= 0.6 is 0 Å². The Balaban J connectivity index is 1.99. The van der Waals surface area contributed by atoms with E-state index in [1.165, 1.54) is 16.9 Å². The maximum atomic E-state index is 12.1. The summed E-state index contributed by atoms with van der Waals surface area (Å²) in [5, 5.41) is 16.7. The van der Waals surface area contributed by atoms with Crippen molar-refractivity contribution in [2.24, 2.45) is 7.05 Å². The fourth-order valence-electron chi connectivity index (χ4n) is 1.87. The highest BCUT2D eigenvalue weighted by Gasteiger charge is 2.14. The fourth-order valence-corrected chi connectivity index (χ4v) is 1.87. The van der Waals surface area contributed by atoms with Crippen molar-refractivity contribution in [3.63, 3.8) is 0 Å². The molecule has 2 heterocycles. The monoisotopic (exact) mass is 291 g/mol. The lowest BCUT2D eigenvalue weighted by Crippen LogP contribution is -2.30. The topological polar surface area (TPSA) is 93.2 Å². The predicted octanol–water partition coefficient (Wildman–Crippen LogP) is 0.282. The zero-order valence-corrected chi connectivity index (χ0v) is 12.1. The van der Waals surface area contributed by atoms with Crippen LogP contribution in [-0.2, 0) is 24.9 Å². The van der Waals surface area contributed by atoms with Crippen LogP contribution in [0.3, 0.4) is 0 Å². The number of nitrogens with zero attached hydrogens (tertiary/aromatic N) is 5. The molecule has 0 aliphatic carbocycles. The van der Waals surface area contributed by atoms with E-state index in [4.69, 9.17) is 5.11 Å². The van der Waals surface area contributed by atoms with Crippen molar-refractivity contribution in [2.45, 2.75) is 20.0 Å². The van der Waals surface area contributed by atoms with E-state index in [2.05, 4.69) is 10.2 Å². The van der Waals surface area contributed by atoms with E-state index in [1.807, 2.05) is 14.0 Å². The number of likely N-dealkylation sites (N-methyl/N-ethyl adjacent to an activating group) is 1. The molecular formula is C13H17N5O3. The molecule has 0 atom stereocenters. The maximum absolute atomic E-state index is 12.1. The van der Waals surface area contributed by atoms with Gasteiger partial charge < -0.3 is 10.0 Å². The minimum atomic E-state index is -1.11. The molecule has 2 rings (SSSR count). The number of carboxylic acid groups (broad SMARTS) is 1. The largest absolute Gasteiger partial charge is 0.476 e. The Morgan fingerprint density at radius 2 is 2.14 bits per heavy atom. The molecule has 0 fully saturated rings. The molecule has 0 unspecified atom stereocenters. The molecule has 8 heteroatoms. The van der Waals surface area contributed by atoms with Gasteiger partial charge in [-0.3, -0.25) is 14.2 Å². The van der Waals surface area contributed by atoms with Gasteiger partial charge in [0.2, 0.25) is 5.91 Å². The number of hydrogen-bond acceptors (Lipinski definition) is 4. The van der Waals surface area contributed by atoms with E-state index in [0.717, 1.165) is 11.3 Å². The Hall–Kier alpha value is -2.64. The third-order valence-corrected chi connectivity index (χ3v) is 3.33. The molecule has 0 radical (unpaired) electrons. The standard InChI is InChI=1S/C13H17N5O3/c1-9-10(6-14-17(9)3)7-16(2)12(19)8-18-5-4-11(15-18)13(20)21/h4-6H,7-8H2,1-3H3,(H,20,21). The average molecular weight is 291 g/mol. The van der Waals surface area contributed by atoms with Crippen LogP contribution in [0.1, 0.15) is 21.7 Å². The third-order valence-electron chi connectivity index (χ3n) is 3.33. The van der Waals surface area contributed by atoms with Gasteiger partial charge in [0.05, 0.1) is 6.20 Å². The highest BCUT2D eigenvalue weighted by molar-refractivity contribution is 5.85. The van der Waals surface area contributed by atoms with E-state index in [0.29, 0.717) is 6.54 Å². The Bertz CT molecular complexity index is 673. The summed E-state index contributed by atoms with van der Waals surface area (Å²) in [5.41, 5.74) is 1.90.